The predicted octanol–water partition coefficient (Wildman–Crippen LogP) is 3.57. The van der Waals surface area contributed by atoms with E-state index in [0.717, 1.165) is 85.2 Å². The summed E-state index contributed by atoms with van der Waals surface area (Å²) in [6.45, 7) is 3.87. The third kappa shape index (κ3) is 4.12. The van der Waals surface area contributed by atoms with Crippen molar-refractivity contribution >= 4 is 5.82 Å². The molecule has 6 rings (SSSR count). The van der Waals surface area contributed by atoms with Gasteiger partial charge >= 0.3 is 0 Å². The lowest BCUT2D eigenvalue weighted by Gasteiger charge is -2.39. The molecule has 8 heteroatoms. The zero-order valence-corrected chi connectivity index (χ0v) is 19.5. The fourth-order valence-corrected chi connectivity index (χ4v) is 5.54. The number of ether oxygens (including phenoxy) is 2. The lowest BCUT2D eigenvalue weighted by atomic mass is 9.89. The number of methoxy groups -OCH3 is 1. The number of hydrogen-bond donors (Lipinski definition) is 1. The molecule has 2 aliphatic carbocycles. The second kappa shape index (κ2) is 9.27. The number of hydrogen-bond acceptors (Lipinski definition) is 8. The van der Waals surface area contributed by atoms with Crippen molar-refractivity contribution in [3.05, 3.63) is 48.3 Å². The normalized spacial score (nSPS) is 22.1. The fourth-order valence-electron chi connectivity index (χ4n) is 5.54. The number of anilines is 1. The maximum Gasteiger partial charge on any atom is 0.137 e. The first-order valence-corrected chi connectivity index (χ1v) is 12.2. The van der Waals surface area contributed by atoms with Gasteiger partial charge in [-0.05, 0) is 48.9 Å². The molecule has 0 unspecified atom stereocenters. The molecule has 1 saturated carbocycles. The number of nitrogens with zero attached hydrogens (tertiary/aromatic N) is 5. The molecule has 0 spiro atoms. The molecule has 34 heavy (non-hydrogen) atoms. The second-order valence-corrected chi connectivity index (χ2v) is 9.36. The minimum Gasteiger partial charge on any atom is -0.495 e. The summed E-state index contributed by atoms with van der Waals surface area (Å²) in [5.74, 6) is 1.66. The van der Waals surface area contributed by atoms with Gasteiger partial charge in [-0.3, -0.25) is 14.9 Å². The highest BCUT2D eigenvalue weighted by atomic mass is 16.5. The lowest BCUT2D eigenvalue weighted by Crippen LogP contribution is -2.46. The van der Waals surface area contributed by atoms with Gasteiger partial charge in [0, 0.05) is 55.1 Å². The molecule has 8 nitrogen and oxygen atoms in total. The fraction of sp³-hybridized carbons (Fsp3) is 0.462. The molecule has 176 valence electrons. The molecule has 3 aliphatic rings. The van der Waals surface area contributed by atoms with Crippen LogP contribution in [0.2, 0.25) is 0 Å². The maximum absolute atomic E-state index is 5.53. The number of fused-ring (bicyclic) bond motifs is 3. The van der Waals surface area contributed by atoms with Gasteiger partial charge in [0.05, 0.1) is 37.9 Å². The van der Waals surface area contributed by atoms with Crippen molar-refractivity contribution in [3.63, 3.8) is 0 Å². The maximum atomic E-state index is 5.53. The van der Waals surface area contributed by atoms with Gasteiger partial charge in [0.25, 0.3) is 0 Å². The Bertz CT molecular complexity index is 1170. The van der Waals surface area contributed by atoms with Crippen LogP contribution in [0.5, 0.6) is 5.75 Å². The summed E-state index contributed by atoms with van der Waals surface area (Å²) in [5.41, 5.74) is 6.34. The molecule has 0 bridgehead atoms. The van der Waals surface area contributed by atoms with Crippen LogP contribution >= 0.6 is 0 Å². The van der Waals surface area contributed by atoms with Crippen molar-refractivity contribution in [2.45, 2.75) is 44.2 Å². The van der Waals surface area contributed by atoms with Crippen LogP contribution in [0.25, 0.3) is 22.4 Å². The van der Waals surface area contributed by atoms with E-state index >= 15 is 0 Å². The molecule has 2 fully saturated rings. The summed E-state index contributed by atoms with van der Waals surface area (Å²) < 4.78 is 10.9. The second-order valence-electron chi connectivity index (χ2n) is 9.36. The number of pyridine rings is 2. The standard InChI is InChI=1S/C26H30N6O2/c1-33-21-10-18(13-27-15-21)23-12-22-17(14-28-23)11-24-25(22)26(30-16-29-24)31-19-2-4-20(5-3-19)32-6-8-34-9-7-32/h10,12-16,19-20H,2-9,11H2,1H3,(H,29,30,31). The van der Waals surface area contributed by atoms with Crippen molar-refractivity contribution in [3.8, 4) is 28.1 Å². The summed E-state index contributed by atoms with van der Waals surface area (Å²) >= 11 is 0. The van der Waals surface area contributed by atoms with Crippen LogP contribution in [0, 0.1) is 0 Å². The smallest absolute Gasteiger partial charge is 0.137 e. The quantitative estimate of drug-likeness (QED) is 0.486. The lowest BCUT2D eigenvalue weighted by molar-refractivity contribution is 0.00791. The van der Waals surface area contributed by atoms with Crippen LogP contribution in [-0.4, -0.2) is 70.3 Å². The first kappa shape index (κ1) is 21.4. The first-order valence-electron chi connectivity index (χ1n) is 12.2. The van der Waals surface area contributed by atoms with Gasteiger partial charge in [-0.25, -0.2) is 9.97 Å². The molecule has 3 aromatic rings. The van der Waals surface area contributed by atoms with E-state index in [9.17, 15) is 0 Å². The molecule has 1 aliphatic heterocycles. The SMILES string of the molecule is COc1cncc(-c2cc3c(cn2)Cc2ncnc(NC4CCC(N5CCOCC5)CC4)c2-3)c1. The van der Waals surface area contributed by atoms with E-state index in [4.69, 9.17) is 14.5 Å². The van der Waals surface area contributed by atoms with Gasteiger partial charge in [-0.2, -0.15) is 0 Å². The summed E-state index contributed by atoms with van der Waals surface area (Å²) in [7, 11) is 1.65. The minimum atomic E-state index is 0.434. The Balaban J connectivity index is 1.22. The zero-order chi connectivity index (χ0) is 22.9. The molecular formula is C26H30N6O2. The van der Waals surface area contributed by atoms with E-state index < -0.39 is 0 Å². The average molecular weight is 459 g/mol. The minimum absolute atomic E-state index is 0.434. The molecular weight excluding hydrogens is 428 g/mol. The van der Waals surface area contributed by atoms with Crippen LogP contribution in [-0.2, 0) is 11.2 Å². The first-order chi connectivity index (χ1) is 16.8. The van der Waals surface area contributed by atoms with E-state index in [0.29, 0.717) is 12.1 Å². The summed E-state index contributed by atoms with van der Waals surface area (Å²) in [6, 6.07) is 5.22. The Morgan fingerprint density at radius 2 is 1.85 bits per heavy atom. The van der Waals surface area contributed by atoms with Gasteiger partial charge < -0.3 is 14.8 Å². The monoisotopic (exact) mass is 458 g/mol. The van der Waals surface area contributed by atoms with Crippen LogP contribution < -0.4 is 10.1 Å². The molecule has 0 aromatic carbocycles. The Labute approximate surface area is 199 Å². The zero-order valence-electron chi connectivity index (χ0n) is 19.5. The molecule has 4 heterocycles. The van der Waals surface area contributed by atoms with Crippen LogP contribution in [0.15, 0.2) is 37.1 Å². The molecule has 0 amide bonds. The van der Waals surface area contributed by atoms with E-state index in [1.54, 1.807) is 19.6 Å². The van der Waals surface area contributed by atoms with E-state index in [2.05, 4.69) is 31.2 Å². The topological polar surface area (TPSA) is 85.3 Å². The van der Waals surface area contributed by atoms with Crippen molar-refractivity contribution in [1.29, 1.82) is 0 Å². The van der Waals surface area contributed by atoms with Gasteiger partial charge in [-0.15, -0.1) is 0 Å². The summed E-state index contributed by atoms with van der Waals surface area (Å²) in [4.78, 5) is 20.9. The van der Waals surface area contributed by atoms with Gasteiger partial charge in [-0.1, -0.05) is 0 Å². The van der Waals surface area contributed by atoms with E-state index in [1.807, 2.05) is 18.5 Å². The van der Waals surface area contributed by atoms with Crippen molar-refractivity contribution in [1.82, 2.24) is 24.8 Å². The molecule has 0 radical (unpaired) electrons. The van der Waals surface area contributed by atoms with Crippen LogP contribution in [0.1, 0.15) is 36.9 Å². The highest BCUT2D eigenvalue weighted by Crippen LogP contribution is 2.41. The Hall–Kier alpha value is -3.10. The Morgan fingerprint density at radius 3 is 2.68 bits per heavy atom. The summed E-state index contributed by atoms with van der Waals surface area (Å²) in [6.07, 6.45) is 12.7. The molecule has 3 aromatic heterocycles. The average Bonchev–Trinajstić information content (AvgIpc) is 3.28. The Morgan fingerprint density at radius 1 is 1.00 bits per heavy atom. The highest BCUT2D eigenvalue weighted by Gasteiger charge is 2.29. The van der Waals surface area contributed by atoms with Gasteiger partial charge in [0.2, 0.25) is 0 Å². The number of rotatable bonds is 5. The van der Waals surface area contributed by atoms with Crippen molar-refractivity contribution in [2.24, 2.45) is 0 Å². The van der Waals surface area contributed by atoms with E-state index in [-0.39, 0.29) is 0 Å². The molecule has 0 atom stereocenters. The summed E-state index contributed by atoms with van der Waals surface area (Å²) in [5, 5.41) is 3.78. The van der Waals surface area contributed by atoms with E-state index in [1.165, 1.54) is 18.4 Å². The Kier molecular flexibility index (Phi) is 5.84. The molecule has 1 saturated heterocycles. The highest BCUT2D eigenvalue weighted by molar-refractivity contribution is 5.85. The van der Waals surface area contributed by atoms with Crippen LogP contribution in [0.3, 0.4) is 0 Å². The number of nitrogens with one attached hydrogen (secondary N) is 1. The third-order valence-electron chi connectivity index (χ3n) is 7.38. The largest absolute Gasteiger partial charge is 0.495 e. The van der Waals surface area contributed by atoms with Crippen LogP contribution in [0.4, 0.5) is 5.82 Å². The van der Waals surface area contributed by atoms with Crippen molar-refractivity contribution < 1.29 is 9.47 Å². The van der Waals surface area contributed by atoms with Gasteiger partial charge in [0.15, 0.2) is 0 Å². The van der Waals surface area contributed by atoms with Gasteiger partial charge in [0.1, 0.15) is 17.9 Å². The third-order valence-corrected chi connectivity index (χ3v) is 7.38. The van der Waals surface area contributed by atoms with Crippen molar-refractivity contribution in [2.75, 3.05) is 38.7 Å². The molecule has 1 N–H and O–H groups in total. The number of aromatic nitrogens is 4. The number of morpholine rings is 1. The predicted molar refractivity (Wildman–Crippen MR) is 130 cm³/mol.